The zero-order valence-electron chi connectivity index (χ0n) is 9.92. The summed E-state index contributed by atoms with van der Waals surface area (Å²) >= 11 is 0. The van der Waals surface area contributed by atoms with Crippen molar-refractivity contribution in [1.29, 1.82) is 0 Å². The number of methoxy groups -OCH3 is 1. The third kappa shape index (κ3) is 6.76. The van der Waals surface area contributed by atoms with Crippen LogP contribution in [0, 0.1) is 5.92 Å². The molecule has 0 aliphatic rings. The minimum absolute atomic E-state index is 0.210. The van der Waals surface area contributed by atoms with Crippen LogP contribution >= 0.6 is 0 Å². The minimum Gasteiger partial charge on any atom is -0.469 e. The quantitative estimate of drug-likeness (QED) is 0.724. The van der Waals surface area contributed by atoms with E-state index in [1.54, 1.807) is 27.7 Å². The number of esters is 1. The fraction of sp³-hybridized carbons (Fsp3) is 0.800. The summed E-state index contributed by atoms with van der Waals surface area (Å²) in [6.45, 7) is 7.20. The van der Waals surface area contributed by atoms with Crippen LogP contribution in [-0.2, 0) is 14.3 Å². The third-order valence-electron chi connectivity index (χ3n) is 1.56. The van der Waals surface area contributed by atoms with Crippen LogP contribution in [0.2, 0.25) is 0 Å². The van der Waals surface area contributed by atoms with Gasteiger partial charge in [0, 0.05) is 6.54 Å². The monoisotopic (exact) mass is 217 g/mol. The first-order valence-electron chi connectivity index (χ1n) is 4.81. The van der Waals surface area contributed by atoms with E-state index in [0.29, 0.717) is 0 Å². The topological polar surface area (TPSA) is 64.6 Å². The van der Waals surface area contributed by atoms with Gasteiger partial charge in [-0.05, 0) is 20.8 Å². The fourth-order valence-electron chi connectivity index (χ4n) is 0.835. The number of carbonyl (C=O) groups is 2. The van der Waals surface area contributed by atoms with Gasteiger partial charge in [0.05, 0.1) is 13.0 Å². The number of rotatable bonds is 3. The molecule has 0 bridgehead atoms. The zero-order valence-corrected chi connectivity index (χ0v) is 9.92. The second-order valence-corrected chi connectivity index (χ2v) is 4.31. The molecule has 0 aliphatic heterocycles. The molecule has 0 rings (SSSR count). The normalized spacial score (nSPS) is 12.9. The van der Waals surface area contributed by atoms with Crippen LogP contribution in [-0.4, -0.2) is 31.3 Å². The Morgan fingerprint density at radius 1 is 1.33 bits per heavy atom. The third-order valence-corrected chi connectivity index (χ3v) is 1.56. The van der Waals surface area contributed by atoms with Gasteiger partial charge in [-0.1, -0.05) is 6.92 Å². The van der Waals surface area contributed by atoms with Gasteiger partial charge < -0.3 is 14.8 Å². The van der Waals surface area contributed by atoms with E-state index in [-0.39, 0.29) is 18.4 Å². The highest BCUT2D eigenvalue weighted by Crippen LogP contribution is 2.06. The molecule has 0 aromatic heterocycles. The Morgan fingerprint density at radius 3 is 2.27 bits per heavy atom. The Labute approximate surface area is 90.1 Å². The van der Waals surface area contributed by atoms with Gasteiger partial charge in [0.15, 0.2) is 0 Å². The van der Waals surface area contributed by atoms with Gasteiger partial charge in [-0.15, -0.1) is 0 Å². The summed E-state index contributed by atoms with van der Waals surface area (Å²) in [6.07, 6.45) is -0.529. The van der Waals surface area contributed by atoms with Crippen molar-refractivity contribution in [2.75, 3.05) is 13.7 Å². The lowest BCUT2D eigenvalue weighted by Crippen LogP contribution is -2.36. The van der Waals surface area contributed by atoms with Gasteiger partial charge in [-0.25, -0.2) is 4.79 Å². The average molecular weight is 217 g/mol. The van der Waals surface area contributed by atoms with E-state index < -0.39 is 11.7 Å². The number of hydrogen-bond acceptors (Lipinski definition) is 4. The molecule has 0 saturated carbocycles. The summed E-state index contributed by atoms with van der Waals surface area (Å²) in [4.78, 5) is 22.2. The first-order valence-corrected chi connectivity index (χ1v) is 4.81. The van der Waals surface area contributed by atoms with Gasteiger partial charge in [-0.2, -0.15) is 0 Å². The highest BCUT2D eigenvalue weighted by Gasteiger charge is 2.18. The number of hydrogen-bond donors (Lipinski definition) is 1. The molecule has 5 heteroatoms. The Balaban J connectivity index is 3.86. The van der Waals surface area contributed by atoms with Crippen molar-refractivity contribution in [3.8, 4) is 0 Å². The smallest absolute Gasteiger partial charge is 0.407 e. The van der Waals surface area contributed by atoms with Gasteiger partial charge in [0.25, 0.3) is 0 Å². The maximum Gasteiger partial charge on any atom is 0.407 e. The van der Waals surface area contributed by atoms with Gasteiger partial charge in [0.1, 0.15) is 5.60 Å². The van der Waals surface area contributed by atoms with Crippen LogP contribution < -0.4 is 5.32 Å². The molecule has 1 atom stereocenters. The first kappa shape index (κ1) is 13.7. The maximum atomic E-state index is 11.2. The van der Waals surface area contributed by atoms with Crippen LogP contribution in [0.4, 0.5) is 4.79 Å². The molecule has 1 N–H and O–H groups in total. The zero-order chi connectivity index (χ0) is 12.1. The Kier molecular flexibility index (Phi) is 5.11. The number of alkyl carbamates (subject to hydrolysis) is 1. The molecule has 0 aromatic rings. The molecule has 0 heterocycles. The van der Waals surface area contributed by atoms with E-state index in [1.807, 2.05) is 0 Å². The predicted molar refractivity (Wildman–Crippen MR) is 55.4 cm³/mol. The largest absolute Gasteiger partial charge is 0.469 e. The molecule has 1 amide bonds. The summed E-state index contributed by atoms with van der Waals surface area (Å²) in [5.74, 6) is -0.728. The number of carbonyl (C=O) groups excluding carboxylic acids is 2. The second kappa shape index (κ2) is 5.58. The molecule has 5 nitrogen and oxygen atoms in total. The number of amides is 1. The average Bonchev–Trinajstić information content (AvgIpc) is 2.10. The van der Waals surface area contributed by atoms with Crippen molar-refractivity contribution < 1.29 is 19.1 Å². The maximum absolute atomic E-state index is 11.2. The van der Waals surface area contributed by atoms with Crippen LogP contribution in [0.15, 0.2) is 0 Å². The van der Waals surface area contributed by atoms with E-state index in [0.717, 1.165) is 0 Å². The second-order valence-electron chi connectivity index (χ2n) is 4.31. The van der Waals surface area contributed by atoms with Gasteiger partial charge in [0.2, 0.25) is 0 Å². The standard InChI is InChI=1S/C10H19NO4/c1-7(8(12)14-5)6-11-9(13)15-10(2,3)4/h7H,6H2,1-5H3,(H,11,13). The van der Waals surface area contributed by atoms with Crippen LogP contribution in [0.5, 0.6) is 0 Å². The molecule has 15 heavy (non-hydrogen) atoms. The van der Waals surface area contributed by atoms with Crippen molar-refractivity contribution in [2.45, 2.75) is 33.3 Å². The lowest BCUT2D eigenvalue weighted by molar-refractivity contribution is -0.144. The lowest BCUT2D eigenvalue weighted by Gasteiger charge is -2.20. The van der Waals surface area contributed by atoms with E-state index in [1.165, 1.54) is 7.11 Å². The SMILES string of the molecule is COC(=O)C(C)CNC(=O)OC(C)(C)C. The van der Waals surface area contributed by atoms with E-state index >= 15 is 0 Å². The first-order chi connectivity index (χ1) is 6.76. The molecule has 0 aliphatic carbocycles. The minimum atomic E-state index is -0.529. The fourth-order valence-corrected chi connectivity index (χ4v) is 0.835. The molecule has 0 spiro atoms. The summed E-state index contributed by atoms with van der Waals surface area (Å²) < 4.78 is 9.51. The Morgan fingerprint density at radius 2 is 1.87 bits per heavy atom. The van der Waals surface area contributed by atoms with Crippen molar-refractivity contribution in [3.05, 3.63) is 0 Å². The van der Waals surface area contributed by atoms with Crippen molar-refractivity contribution in [1.82, 2.24) is 5.32 Å². The molecule has 0 saturated heterocycles. The van der Waals surface area contributed by atoms with Crippen molar-refractivity contribution in [3.63, 3.8) is 0 Å². The van der Waals surface area contributed by atoms with Crippen molar-refractivity contribution in [2.24, 2.45) is 5.92 Å². The molecule has 0 fully saturated rings. The summed E-state index contributed by atoms with van der Waals surface area (Å²) in [5.41, 5.74) is -0.529. The Hall–Kier alpha value is -1.26. The lowest BCUT2D eigenvalue weighted by atomic mass is 10.2. The van der Waals surface area contributed by atoms with E-state index in [9.17, 15) is 9.59 Å². The van der Waals surface area contributed by atoms with Crippen LogP contribution in [0.1, 0.15) is 27.7 Å². The molecule has 88 valence electrons. The predicted octanol–water partition coefficient (Wildman–Crippen LogP) is 1.32. The molecule has 0 radical (unpaired) electrons. The highest BCUT2D eigenvalue weighted by molar-refractivity contribution is 5.73. The molecular formula is C10H19NO4. The van der Waals surface area contributed by atoms with Crippen LogP contribution in [0.3, 0.4) is 0 Å². The summed E-state index contributed by atoms with van der Waals surface area (Å²) in [6, 6.07) is 0. The molecule has 1 unspecified atom stereocenters. The van der Waals surface area contributed by atoms with E-state index in [4.69, 9.17) is 4.74 Å². The van der Waals surface area contributed by atoms with Crippen molar-refractivity contribution >= 4 is 12.1 Å². The number of ether oxygens (including phenoxy) is 2. The van der Waals surface area contributed by atoms with Gasteiger partial charge in [-0.3, -0.25) is 4.79 Å². The summed E-state index contributed by atoms with van der Waals surface area (Å²) in [5, 5.41) is 2.49. The summed E-state index contributed by atoms with van der Waals surface area (Å²) in [7, 11) is 1.31. The van der Waals surface area contributed by atoms with Gasteiger partial charge >= 0.3 is 12.1 Å². The van der Waals surface area contributed by atoms with Crippen LogP contribution in [0.25, 0.3) is 0 Å². The number of nitrogens with one attached hydrogen (secondary N) is 1. The Bertz CT molecular complexity index is 232. The van der Waals surface area contributed by atoms with E-state index in [2.05, 4.69) is 10.1 Å². The highest BCUT2D eigenvalue weighted by atomic mass is 16.6. The molecule has 0 aromatic carbocycles. The molecular weight excluding hydrogens is 198 g/mol.